The number of hydrogen-bond donors (Lipinski definition) is 2. The van der Waals surface area contributed by atoms with Crippen LogP contribution in [0.2, 0.25) is 0 Å². The molecular formula is C12H8Br3NO3S. The summed E-state index contributed by atoms with van der Waals surface area (Å²) in [6, 6.07) is 8.92. The predicted octanol–water partition coefficient (Wildman–Crippen LogP) is 4.48. The molecule has 0 amide bonds. The molecule has 0 radical (unpaired) electrons. The van der Waals surface area contributed by atoms with Gasteiger partial charge in [0.25, 0.3) is 10.0 Å². The summed E-state index contributed by atoms with van der Waals surface area (Å²) >= 11 is 9.91. The molecule has 0 heterocycles. The predicted molar refractivity (Wildman–Crippen MR) is 88.5 cm³/mol. The molecule has 4 nitrogen and oxygen atoms in total. The fraction of sp³-hybridized carbons (Fsp3) is 0. The Labute approximate surface area is 141 Å². The molecule has 0 fully saturated rings. The highest BCUT2D eigenvalue weighted by molar-refractivity contribution is 9.11. The average molecular weight is 486 g/mol. The third-order valence-electron chi connectivity index (χ3n) is 2.37. The first-order valence-electron chi connectivity index (χ1n) is 5.26. The number of phenolic OH excluding ortho intramolecular Hbond substituents is 1. The maximum absolute atomic E-state index is 12.3. The summed E-state index contributed by atoms with van der Waals surface area (Å²) in [6.07, 6.45) is 0. The van der Waals surface area contributed by atoms with Gasteiger partial charge in [-0.2, -0.15) is 0 Å². The van der Waals surface area contributed by atoms with Gasteiger partial charge in [0.05, 0.1) is 10.6 Å². The molecule has 2 aromatic carbocycles. The highest BCUT2D eigenvalue weighted by atomic mass is 79.9. The lowest BCUT2D eigenvalue weighted by molar-refractivity contribution is 0.473. The monoisotopic (exact) mass is 483 g/mol. The van der Waals surface area contributed by atoms with Crippen molar-refractivity contribution >= 4 is 63.5 Å². The largest absolute Gasteiger partial charge is 0.508 e. The van der Waals surface area contributed by atoms with Crippen LogP contribution in [0.3, 0.4) is 0 Å². The van der Waals surface area contributed by atoms with Gasteiger partial charge < -0.3 is 5.11 Å². The van der Waals surface area contributed by atoms with E-state index < -0.39 is 10.0 Å². The third kappa shape index (κ3) is 3.55. The Morgan fingerprint density at radius 1 is 1.00 bits per heavy atom. The van der Waals surface area contributed by atoms with E-state index in [0.29, 0.717) is 14.6 Å². The number of hydrogen-bond acceptors (Lipinski definition) is 3. The molecule has 0 aromatic heterocycles. The molecule has 0 unspecified atom stereocenters. The van der Waals surface area contributed by atoms with Gasteiger partial charge in [0.15, 0.2) is 0 Å². The lowest BCUT2D eigenvalue weighted by Gasteiger charge is -2.12. The Kier molecular flexibility index (Phi) is 4.78. The molecule has 0 aliphatic carbocycles. The minimum absolute atomic E-state index is 0.0146. The van der Waals surface area contributed by atoms with E-state index in [1.165, 1.54) is 24.3 Å². The van der Waals surface area contributed by atoms with Crippen molar-refractivity contribution in [1.29, 1.82) is 0 Å². The topological polar surface area (TPSA) is 66.4 Å². The van der Waals surface area contributed by atoms with Crippen molar-refractivity contribution in [2.45, 2.75) is 4.90 Å². The number of phenols is 1. The van der Waals surface area contributed by atoms with Crippen LogP contribution >= 0.6 is 47.8 Å². The number of sulfonamides is 1. The van der Waals surface area contributed by atoms with Gasteiger partial charge in [0.2, 0.25) is 0 Å². The fourth-order valence-corrected chi connectivity index (χ4v) is 5.34. The second-order valence-corrected chi connectivity index (χ2v) is 8.15. The molecule has 8 heteroatoms. The van der Waals surface area contributed by atoms with Gasteiger partial charge in [-0.05, 0) is 56.1 Å². The van der Waals surface area contributed by atoms with E-state index in [1.807, 2.05) is 0 Å². The maximum Gasteiger partial charge on any atom is 0.262 e. The van der Waals surface area contributed by atoms with Gasteiger partial charge in [-0.15, -0.1) is 0 Å². The Morgan fingerprint density at radius 2 is 1.60 bits per heavy atom. The van der Waals surface area contributed by atoms with E-state index in [2.05, 4.69) is 52.5 Å². The number of nitrogens with one attached hydrogen (secondary N) is 1. The van der Waals surface area contributed by atoms with Gasteiger partial charge >= 0.3 is 0 Å². The minimum Gasteiger partial charge on any atom is -0.508 e. The first-order valence-corrected chi connectivity index (χ1v) is 9.12. The lowest BCUT2D eigenvalue weighted by atomic mass is 10.3. The maximum atomic E-state index is 12.3. The van der Waals surface area contributed by atoms with Crippen LogP contribution in [0.4, 0.5) is 5.69 Å². The van der Waals surface area contributed by atoms with E-state index >= 15 is 0 Å². The van der Waals surface area contributed by atoms with Crippen molar-refractivity contribution in [2.24, 2.45) is 0 Å². The number of rotatable bonds is 3. The molecule has 0 atom stereocenters. The Bertz CT molecular complexity index is 739. The van der Waals surface area contributed by atoms with E-state index in [4.69, 9.17) is 0 Å². The summed E-state index contributed by atoms with van der Waals surface area (Å²) in [7, 11) is -3.78. The second kappa shape index (κ2) is 6.05. The normalized spacial score (nSPS) is 11.3. The minimum atomic E-state index is -3.78. The molecule has 20 heavy (non-hydrogen) atoms. The molecule has 2 rings (SSSR count). The highest BCUT2D eigenvalue weighted by Gasteiger charge is 2.18. The average Bonchev–Trinajstić information content (AvgIpc) is 2.34. The summed E-state index contributed by atoms with van der Waals surface area (Å²) in [4.78, 5) is -0.0146. The standard InChI is InChI=1S/C12H8Br3NO3S/c13-7-4-10(14)12(11(15)5-7)16-20(18,19)9-3-1-2-8(17)6-9/h1-6,16-17H. The highest BCUT2D eigenvalue weighted by Crippen LogP contribution is 2.35. The fourth-order valence-electron chi connectivity index (χ4n) is 1.48. The van der Waals surface area contributed by atoms with Crippen LogP contribution in [0.5, 0.6) is 5.75 Å². The molecule has 0 aliphatic rings. The lowest BCUT2D eigenvalue weighted by Crippen LogP contribution is -2.13. The van der Waals surface area contributed by atoms with Crippen molar-refractivity contribution in [2.75, 3.05) is 4.72 Å². The van der Waals surface area contributed by atoms with Gasteiger partial charge in [0, 0.05) is 19.5 Å². The molecule has 0 saturated heterocycles. The zero-order chi connectivity index (χ0) is 14.9. The first-order chi connectivity index (χ1) is 9.29. The summed E-state index contributed by atoms with van der Waals surface area (Å²) in [5.41, 5.74) is 0.386. The SMILES string of the molecule is O=S(=O)(Nc1c(Br)cc(Br)cc1Br)c1cccc(O)c1. The molecule has 0 aliphatic heterocycles. The van der Waals surface area contributed by atoms with E-state index in [-0.39, 0.29) is 10.6 Å². The van der Waals surface area contributed by atoms with Crippen LogP contribution in [0.25, 0.3) is 0 Å². The van der Waals surface area contributed by atoms with Crippen LogP contribution in [0, 0.1) is 0 Å². The Balaban J connectivity index is 2.44. The van der Waals surface area contributed by atoms with E-state index in [1.54, 1.807) is 12.1 Å². The summed E-state index contributed by atoms with van der Waals surface area (Å²) in [5.74, 6) is -0.109. The van der Waals surface area contributed by atoms with Crippen LogP contribution in [-0.2, 0) is 10.0 Å². The molecule has 0 spiro atoms. The van der Waals surface area contributed by atoms with Gasteiger partial charge in [-0.1, -0.05) is 22.0 Å². The van der Waals surface area contributed by atoms with Crippen molar-refractivity contribution < 1.29 is 13.5 Å². The van der Waals surface area contributed by atoms with Crippen molar-refractivity contribution in [3.05, 3.63) is 49.8 Å². The first kappa shape index (κ1) is 15.8. The zero-order valence-corrected chi connectivity index (χ0v) is 15.3. The van der Waals surface area contributed by atoms with Crippen molar-refractivity contribution in [3.8, 4) is 5.75 Å². The van der Waals surface area contributed by atoms with Crippen LogP contribution < -0.4 is 4.72 Å². The van der Waals surface area contributed by atoms with Crippen molar-refractivity contribution in [1.82, 2.24) is 0 Å². The molecule has 2 N–H and O–H groups in total. The van der Waals surface area contributed by atoms with Crippen LogP contribution in [0.1, 0.15) is 0 Å². The van der Waals surface area contributed by atoms with E-state index in [0.717, 1.165) is 4.47 Å². The molecule has 106 valence electrons. The molecular weight excluding hydrogens is 478 g/mol. The Morgan fingerprint density at radius 3 is 2.15 bits per heavy atom. The summed E-state index contributed by atoms with van der Waals surface area (Å²) in [5, 5.41) is 9.37. The van der Waals surface area contributed by atoms with Gasteiger partial charge in [-0.3, -0.25) is 4.72 Å². The number of halogens is 3. The molecule has 0 bridgehead atoms. The van der Waals surface area contributed by atoms with Gasteiger partial charge in [0.1, 0.15) is 5.75 Å². The summed E-state index contributed by atoms with van der Waals surface area (Å²) in [6.45, 7) is 0. The number of anilines is 1. The zero-order valence-electron chi connectivity index (χ0n) is 9.77. The van der Waals surface area contributed by atoms with Crippen LogP contribution in [0.15, 0.2) is 54.7 Å². The molecule has 2 aromatic rings. The van der Waals surface area contributed by atoms with Crippen LogP contribution in [-0.4, -0.2) is 13.5 Å². The Hall–Kier alpha value is -0.570. The van der Waals surface area contributed by atoms with E-state index in [9.17, 15) is 13.5 Å². The smallest absolute Gasteiger partial charge is 0.262 e. The third-order valence-corrected chi connectivity index (χ3v) is 5.43. The second-order valence-electron chi connectivity index (χ2n) is 3.85. The molecule has 0 saturated carbocycles. The summed E-state index contributed by atoms with van der Waals surface area (Å²) < 4.78 is 29.0. The van der Waals surface area contributed by atoms with Crippen molar-refractivity contribution in [3.63, 3.8) is 0 Å². The van der Waals surface area contributed by atoms with Gasteiger partial charge in [-0.25, -0.2) is 8.42 Å². The number of aromatic hydroxyl groups is 1. The number of benzene rings is 2. The quantitative estimate of drug-likeness (QED) is 0.673.